The minimum atomic E-state index is -0.588. The summed E-state index contributed by atoms with van der Waals surface area (Å²) in [4.78, 5) is 30.8. The Bertz CT molecular complexity index is 1030. The van der Waals surface area contributed by atoms with Crippen LogP contribution < -0.4 is 5.32 Å². The van der Waals surface area contributed by atoms with E-state index in [1.54, 1.807) is 23.2 Å². The number of amides is 2. The first-order valence-electron chi connectivity index (χ1n) is 9.89. The number of aromatic nitrogens is 2. The number of hydrogen-bond donors (Lipinski definition) is 2. The first kappa shape index (κ1) is 19.9. The molecule has 0 saturated carbocycles. The van der Waals surface area contributed by atoms with Crippen molar-refractivity contribution in [3.05, 3.63) is 65.9 Å². The smallest absolute Gasteiger partial charge is 0.276 e. The van der Waals surface area contributed by atoms with Gasteiger partial charge in [0.2, 0.25) is 5.91 Å². The van der Waals surface area contributed by atoms with Crippen LogP contribution in [-0.4, -0.2) is 39.4 Å². The van der Waals surface area contributed by atoms with E-state index in [4.69, 9.17) is 4.52 Å². The molecule has 7 nitrogen and oxygen atoms in total. The molecule has 30 heavy (non-hydrogen) atoms. The largest absolute Gasteiger partial charge is 0.363 e. The van der Waals surface area contributed by atoms with Crippen LogP contribution in [0, 0.1) is 11.7 Å². The third kappa shape index (κ3) is 3.98. The first-order valence-corrected chi connectivity index (χ1v) is 9.89. The zero-order valence-electron chi connectivity index (χ0n) is 16.8. The average Bonchev–Trinajstić information content (AvgIpc) is 3.41. The number of nitrogens with one attached hydrogen (secondary N) is 2. The molecule has 1 saturated heterocycles. The maximum Gasteiger partial charge on any atom is 0.276 e. The normalized spacial score (nSPS) is 19.2. The van der Waals surface area contributed by atoms with E-state index in [1.165, 1.54) is 18.2 Å². The van der Waals surface area contributed by atoms with Crippen molar-refractivity contribution in [2.24, 2.45) is 5.92 Å². The minimum Gasteiger partial charge on any atom is -0.363 e. The number of nitrogens with zero attached hydrogens (tertiary/aromatic N) is 2. The molecule has 2 atom stereocenters. The number of halogens is 1. The second-order valence-corrected chi connectivity index (χ2v) is 7.87. The summed E-state index contributed by atoms with van der Waals surface area (Å²) in [6.07, 6.45) is 2.32. The number of piperazine rings is 1. The Morgan fingerprint density at radius 2 is 2.07 bits per heavy atom. The zero-order valence-corrected chi connectivity index (χ0v) is 16.8. The van der Waals surface area contributed by atoms with E-state index in [0.717, 1.165) is 5.69 Å². The van der Waals surface area contributed by atoms with Crippen molar-refractivity contribution in [1.29, 1.82) is 0 Å². The molecular formula is C22H23FN4O3. The molecule has 0 spiro atoms. The van der Waals surface area contributed by atoms with Gasteiger partial charge in [0.15, 0.2) is 11.5 Å². The van der Waals surface area contributed by atoms with Crippen molar-refractivity contribution in [3.8, 4) is 11.3 Å². The SMILES string of the molecule is CC(C)C[C@H]1C(=O)N[C@@H](c2ccc[nH]2)CN1C(=O)c1cc(-c2ccc(F)cc2)on1. The van der Waals surface area contributed by atoms with Crippen LogP contribution in [-0.2, 0) is 4.79 Å². The summed E-state index contributed by atoms with van der Waals surface area (Å²) in [7, 11) is 0. The van der Waals surface area contributed by atoms with Crippen molar-refractivity contribution < 1.29 is 18.5 Å². The maximum absolute atomic E-state index is 13.3. The van der Waals surface area contributed by atoms with Crippen molar-refractivity contribution in [3.63, 3.8) is 0 Å². The van der Waals surface area contributed by atoms with Crippen LogP contribution in [0.4, 0.5) is 4.39 Å². The lowest BCUT2D eigenvalue weighted by Gasteiger charge is -2.39. The highest BCUT2D eigenvalue weighted by molar-refractivity contribution is 5.97. The minimum absolute atomic E-state index is 0.114. The molecule has 3 aromatic rings. The lowest BCUT2D eigenvalue weighted by molar-refractivity contribution is -0.130. The van der Waals surface area contributed by atoms with Gasteiger partial charge in [-0.05, 0) is 48.7 Å². The van der Waals surface area contributed by atoms with Crippen LogP contribution in [0.25, 0.3) is 11.3 Å². The quantitative estimate of drug-likeness (QED) is 0.673. The average molecular weight is 410 g/mol. The van der Waals surface area contributed by atoms with Crippen molar-refractivity contribution in [1.82, 2.24) is 20.4 Å². The molecule has 2 aromatic heterocycles. The van der Waals surface area contributed by atoms with Gasteiger partial charge in [-0.3, -0.25) is 9.59 Å². The summed E-state index contributed by atoms with van der Waals surface area (Å²) in [5.41, 5.74) is 1.56. The van der Waals surface area contributed by atoms with Gasteiger partial charge in [-0.1, -0.05) is 19.0 Å². The van der Waals surface area contributed by atoms with E-state index < -0.39 is 6.04 Å². The van der Waals surface area contributed by atoms with Crippen LogP contribution in [0.15, 0.2) is 53.2 Å². The van der Waals surface area contributed by atoms with Gasteiger partial charge in [0.1, 0.15) is 11.9 Å². The number of H-pyrrole nitrogens is 1. The fourth-order valence-electron chi connectivity index (χ4n) is 3.69. The standard InChI is InChI=1S/C22H23FN4O3/c1-13(2)10-19-21(28)25-18(16-4-3-9-24-16)12-27(19)22(29)17-11-20(30-26-17)14-5-7-15(23)8-6-14/h3-9,11,13,18-19,24H,10,12H2,1-2H3,(H,25,28)/t18-,19+/m1/s1. The van der Waals surface area contributed by atoms with Gasteiger partial charge < -0.3 is 19.7 Å². The summed E-state index contributed by atoms with van der Waals surface area (Å²) in [6, 6.07) is 10.1. The summed E-state index contributed by atoms with van der Waals surface area (Å²) >= 11 is 0. The van der Waals surface area contributed by atoms with Crippen molar-refractivity contribution >= 4 is 11.8 Å². The Kier molecular flexibility index (Phi) is 5.39. The maximum atomic E-state index is 13.3. The van der Waals surface area contributed by atoms with E-state index in [-0.39, 0.29) is 35.3 Å². The van der Waals surface area contributed by atoms with Crippen LogP contribution >= 0.6 is 0 Å². The van der Waals surface area contributed by atoms with E-state index in [0.29, 0.717) is 24.3 Å². The van der Waals surface area contributed by atoms with E-state index in [9.17, 15) is 14.0 Å². The molecule has 4 rings (SSSR count). The van der Waals surface area contributed by atoms with Gasteiger partial charge in [-0.25, -0.2) is 4.39 Å². The Hall–Kier alpha value is -3.42. The highest BCUT2D eigenvalue weighted by Crippen LogP contribution is 2.26. The molecule has 156 valence electrons. The van der Waals surface area contributed by atoms with Gasteiger partial charge in [0.05, 0.1) is 6.04 Å². The Morgan fingerprint density at radius 1 is 1.30 bits per heavy atom. The lowest BCUT2D eigenvalue weighted by Crippen LogP contribution is -2.58. The van der Waals surface area contributed by atoms with Crippen molar-refractivity contribution in [2.75, 3.05) is 6.54 Å². The summed E-state index contributed by atoms with van der Waals surface area (Å²) in [5, 5.41) is 6.92. The predicted octanol–water partition coefficient (Wildman–Crippen LogP) is 3.54. The molecule has 3 heterocycles. The molecular weight excluding hydrogens is 387 g/mol. The molecule has 2 N–H and O–H groups in total. The van der Waals surface area contributed by atoms with E-state index in [1.807, 2.05) is 26.0 Å². The number of carbonyl (C=O) groups excluding carboxylic acids is 2. The Labute approximate surface area is 173 Å². The van der Waals surface area contributed by atoms with Gasteiger partial charge in [-0.15, -0.1) is 0 Å². The van der Waals surface area contributed by atoms with Gasteiger partial charge in [0, 0.05) is 30.1 Å². The van der Waals surface area contributed by atoms with Crippen molar-refractivity contribution in [2.45, 2.75) is 32.4 Å². The summed E-state index contributed by atoms with van der Waals surface area (Å²) in [5.74, 6) is -0.332. The van der Waals surface area contributed by atoms with Crippen LogP contribution in [0.3, 0.4) is 0 Å². The number of hydrogen-bond acceptors (Lipinski definition) is 4. The second kappa shape index (κ2) is 8.14. The highest BCUT2D eigenvalue weighted by Gasteiger charge is 2.39. The molecule has 1 aromatic carbocycles. The monoisotopic (exact) mass is 410 g/mol. The van der Waals surface area contributed by atoms with Gasteiger partial charge in [-0.2, -0.15) is 0 Å². The first-order chi connectivity index (χ1) is 14.4. The summed E-state index contributed by atoms with van der Waals surface area (Å²) in [6.45, 7) is 4.34. The fourth-order valence-corrected chi connectivity index (χ4v) is 3.69. The highest BCUT2D eigenvalue weighted by atomic mass is 19.1. The molecule has 0 unspecified atom stereocenters. The Balaban J connectivity index is 1.61. The van der Waals surface area contributed by atoms with Gasteiger partial charge >= 0.3 is 0 Å². The van der Waals surface area contributed by atoms with Crippen LogP contribution in [0.1, 0.15) is 42.5 Å². The zero-order chi connectivity index (χ0) is 21.3. The number of aromatic amines is 1. The molecule has 1 aliphatic rings. The molecule has 2 amide bonds. The van der Waals surface area contributed by atoms with Gasteiger partial charge in [0.25, 0.3) is 5.91 Å². The topological polar surface area (TPSA) is 91.2 Å². The number of rotatable bonds is 5. The molecule has 8 heteroatoms. The molecule has 0 bridgehead atoms. The summed E-state index contributed by atoms with van der Waals surface area (Å²) < 4.78 is 18.5. The molecule has 0 radical (unpaired) electrons. The van der Waals surface area contributed by atoms with E-state index in [2.05, 4.69) is 15.5 Å². The Morgan fingerprint density at radius 3 is 2.73 bits per heavy atom. The fraction of sp³-hybridized carbons (Fsp3) is 0.318. The number of benzene rings is 1. The predicted molar refractivity (Wildman–Crippen MR) is 108 cm³/mol. The van der Waals surface area contributed by atoms with Crippen LogP contribution in [0.5, 0.6) is 0 Å². The molecule has 1 fully saturated rings. The lowest BCUT2D eigenvalue weighted by atomic mass is 9.97. The third-order valence-corrected chi connectivity index (χ3v) is 5.19. The van der Waals surface area contributed by atoms with E-state index >= 15 is 0 Å². The second-order valence-electron chi connectivity index (χ2n) is 7.87. The van der Waals surface area contributed by atoms with Crippen LogP contribution in [0.2, 0.25) is 0 Å². The molecule has 1 aliphatic heterocycles. The third-order valence-electron chi connectivity index (χ3n) is 5.19. The molecule has 0 aliphatic carbocycles. The number of carbonyl (C=O) groups is 2.